The Morgan fingerprint density at radius 3 is 2.12 bits per heavy atom. The van der Waals surface area contributed by atoms with Gasteiger partial charge in [0.05, 0.1) is 0 Å². The number of rotatable bonds is 3. The van der Waals surface area contributed by atoms with Crippen molar-refractivity contribution < 1.29 is 8.78 Å². The fraction of sp³-hybridized carbons (Fsp3) is 0.143. The summed E-state index contributed by atoms with van der Waals surface area (Å²) in [5.74, 6) is -1.60. The zero-order chi connectivity index (χ0) is 12.3. The second-order valence-corrected chi connectivity index (χ2v) is 3.87. The van der Waals surface area contributed by atoms with Crippen LogP contribution in [0.3, 0.4) is 0 Å². The molecule has 0 unspecified atom stereocenters. The third-order valence-electron chi connectivity index (χ3n) is 2.63. The minimum atomic E-state index is -0.806. The van der Waals surface area contributed by atoms with Crippen molar-refractivity contribution in [3.05, 3.63) is 65.2 Å². The first-order chi connectivity index (χ1) is 8.19. The van der Waals surface area contributed by atoms with Crippen molar-refractivity contribution in [2.45, 2.75) is 6.42 Å². The third-order valence-corrected chi connectivity index (χ3v) is 2.63. The summed E-state index contributed by atoms with van der Waals surface area (Å²) in [7, 11) is 1.85. The Labute approximate surface area is 99.1 Å². The van der Waals surface area contributed by atoms with Gasteiger partial charge < -0.3 is 5.32 Å². The van der Waals surface area contributed by atoms with E-state index in [0.29, 0.717) is 6.42 Å². The van der Waals surface area contributed by atoms with Crippen molar-refractivity contribution in [3.8, 4) is 0 Å². The van der Waals surface area contributed by atoms with E-state index in [1.165, 1.54) is 6.07 Å². The van der Waals surface area contributed by atoms with E-state index in [4.69, 9.17) is 0 Å². The molecular weight excluding hydrogens is 220 g/mol. The lowest BCUT2D eigenvalue weighted by Crippen LogP contribution is -1.93. The zero-order valence-electron chi connectivity index (χ0n) is 9.50. The molecule has 0 radical (unpaired) electrons. The summed E-state index contributed by atoms with van der Waals surface area (Å²) in [5, 5.41) is 3.03. The molecule has 0 aliphatic heterocycles. The molecule has 2 aromatic carbocycles. The van der Waals surface area contributed by atoms with Crippen LogP contribution >= 0.6 is 0 Å². The van der Waals surface area contributed by atoms with Crippen LogP contribution in [0.15, 0.2) is 42.5 Å². The summed E-state index contributed by atoms with van der Waals surface area (Å²) in [6.07, 6.45) is 0.598. The van der Waals surface area contributed by atoms with E-state index in [1.54, 1.807) is 6.07 Å². The predicted molar refractivity (Wildman–Crippen MR) is 65.2 cm³/mol. The number of hydrogen-bond acceptors (Lipinski definition) is 1. The smallest absolute Gasteiger partial charge is 0.159 e. The average molecular weight is 233 g/mol. The van der Waals surface area contributed by atoms with Gasteiger partial charge in [-0.3, -0.25) is 0 Å². The van der Waals surface area contributed by atoms with E-state index in [2.05, 4.69) is 5.32 Å². The van der Waals surface area contributed by atoms with Crippen molar-refractivity contribution in [2.24, 2.45) is 0 Å². The fourth-order valence-corrected chi connectivity index (χ4v) is 1.67. The molecule has 0 aliphatic rings. The molecule has 2 rings (SSSR count). The lowest BCUT2D eigenvalue weighted by Gasteiger charge is -2.04. The molecule has 1 nitrogen and oxygen atoms in total. The molecule has 0 saturated heterocycles. The summed E-state index contributed by atoms with van der Waals surface area (Å²) in [6.45, 7) is 0. The van der Waals surface area contributed by atoms with Gasteiger partial charge in [-0.2, -0.15) is 0 Å². The molecule has 0 fully saturated rings. The van der Waals surface area contributed by atoms with Crippen molar-refractivity contribution in [3.63, 3.8) is 0 Å². The number of nitrogens with one attached hydrogen (secondary N) is 1. The largest absolute Gasteiger partial charge is 0.388 e. The number of hydrogen-bond donors (Lipinski definition) is 1. The quantitative estimate of drug-likeness (QED) is 0.854. The second-order valence-electron chi connectivity index (χ2n) is 3.87. The second kappa shape index (κ2) is 4.95. The number of halogens is 2. The van der Waals surface area contributed by atoms with Crippen LogP contribution in [0, 0.1) is 11.6 Å². The normalized spacial score (nSPS) is 10.3. The van der Waals surface area contributed by atoms with E-state index >= 15 is 0 Å². The van der Waals surface area contributed by atoms with E-state index in [9.17, 15) is 8.78 Å². The first-order valence-corrected chi connectivity index (χ1v) is 5.39. The van der Waals surface area contributed by atoms with Crippen molar-refractivity contribution in [1.29, 1.82) is 0 Å². The maximum Gasteiger partial charge on any atom is 0.159 e. The zero-order valence-corrected chi connectivity index (χ0v) is 9.50. The Kier molecular flexibility index (Phi) is 3.38. The first-order valence-electron chi connectivity index (χ1n) is 5.39. The van der Waals surface area contributed by atoms with Crippen LogP contribution in [0.25, 0.3) is 0 Å². The number of anilines is 1. The Morgan fingerprint density at radius 2 is 1.53 bits per heavy atom. The fourth-order valence-electron chi connectivity index (χ4n) is 1.67. The topological polar surface area (TPSA) is 12.0 Å². The van der Waals surface area contributed by atoms with Gasteiger partial charge in [-0.1, -0.05) is 18.2 Å². The lowest BCUT2D eigenvalue weighted by molar-refractivity contribution is 0.507. The highest BCUT2D eigenvalue weighted by Gasteiger charge is 2.03. The standard InChI is InChI=1S/C14H13F2N/c1-17-12-5-2-10(3-6-12)8-11-4-7-13(15)14(16)9-11/h2-7,9,17H,8H2,1H3. The molecule has 0 aromatic heterocycles. The molecule has 2 aromatic rings. The predicted octanol–water partition coefficient (Wildman–Crippen LogP) is 3.60. The van der Waals surface area contributed by atoms with Gasteiger partial charge in [0.1, 0.15) is 0 Å². The minimum absolute atomic E-state index is 0.598. The Hall–Kier alpha value is -1.90. The van der Waals surface area contributed by atoms with Crippen LogP contribution in [-0.4, -0.2) is 7.05 Å². The average Bonchev–Trinajstić information content (AvgIpc) is 2.35. The van der Waals surface area contributed by atoms with E-state index in [0.717, 1.165) is 22.9 Å². The van der Waals surface area contributed by atoms with E-state index in [-0.39, 0.29) is 0 Å². The van der Waals surface area contributed by atoms with Crippen LogP contribution in [0.1, 0.15) is 11.1 Å². The number of benzene rings is 2. The van der Waals surface area contributed by atoms with Gasteiger partial charge in [0.25, 0.3) is 0 Å². The Bertz CT molecular complexity index is 506. The van der Waals surface area contributed by atoms with Gasteiger partial charge in [0, 0.05) is 12.7 Å². The highest BCUT2D eigenvalue weighted by molar-refractivity contribution is 5.44. The van der Waals surface area contributed by atoms with Crippen LogP contribution < -0.4 is 5.32 Å². The minimum Gasteiger partial charge on any atom is -0.388 e. The summed E-state index contributed by atoms with van der Waals surface area (Å²) in [4.78, 5) is 0. The van der Waals surface area contributed by atoms with E-state index < -0.39 is 11.6 Å². The third kappa shape index (κ3) is 2.81. The maximum atomic E-state index is 13.0. The van der Waals surface area contributed by atoms with Crippen LogP contribution in [0.4, 0.5) is 14.5 Å². The molecule has 88 valence electrons. The van der Waals surface area contributed by atoms with Crippen LogP contribution in [0.2, 0.25) is 0 Å². The highest BCUT2D eigenvalue weighted by atomic mass is 19.2. The van der Waals surface area contributed by atoms with Gasteiger partial charge >= 0.3 is 0 Å². The molecule has 0 aliphatic carbocycles. The molecule has 0 amide bonds. The van der Waals surface area contributed by atoms with Gasteiger partial charge in [0.2, 0.25) is 0 Å². The molecule has 0 bridgehead atoms. The van der Waals surface area contributed by atoms with Gasteiger partial charge in [-0.15, -0.1) is 0 Å². The lowest BCUT2D eigenvalue weighted by atomic mass is 10.0. The van der Waals surface area contributed by atoms with Crippen molar-refractivity contribution >= 4 is 5.69 Å². The SMILES string of the molecule is CNc1ccc(Cc2ccc(F)c(F)c2)cc1. The summed E-state index contributed by atoms with van der Waals surface area (Å²) in [5.41, 5.74) is 2.86. The van der Waals surface area contributed by atoms with Crippen LogP contribution in [-0.2, 0) is 6.42 Å². The van der Waals surface area contributed by atoms with Gasteiger partial charge in [0.15, 0.2) is 11.6 Å². The molecular formula is C14H13F2N. The summed E-state index contributed by atoms with van der Waals surface area (Å²) in [6, 6.07) is 11.8. The molecule has 0 saturated carbocycles. The molecule has 0 atom stereocenters. The van der Waals surface area contributed by atoms with E-state index in [1.807, 2.05) is 31.3 Å². The molecule has 1 N–H and O–H groups in total. The highest BCUT2D eigenvalue weighted by Crippen LogP contribution is 2.15. The first kappa shape index (κ1) is 11.6. The van der Waals surface area contributed by atoms with Gasteiger partial charge in [-0.05, 0) is 41.8 Å². The molecule has 3 heteroatoms. The molecule has 17 heavy (non-hydrogen) atoms. The Balaban J connectivity index is 2.16. The van der Waals surface area contributed by atoms with Crippen molar-refractivity contribution in [2.75, 3.05) is 12.4 Å². The van der Waals surface area contributed by atoms with Crippen LogP contribution in [0.5, 0.6) is 0 Å². The van der Waals surface area contributed by atoms with Crippen molar-refractivity contribution in [1.82, 2.24) is 0 Å². The summed E-state index contributed by atoms with van der Waals surface area (Å²) >= 11 is 0. The molecule has 0 spiro atoms. The monoisotopic (exact) mass is 233 g/mol. The maximum absolute atomic E-state index is 13.0. The van der Waals surface area contributed by atoms with Gasteiger partial charge in [-0.25, -0.2) is 8.78 Å². The molecule has 0 heterocycles. The Morgan fingerprint density at radius 1 is 0.882 bits per heavy atom. The summed E-state index contributed by atoms with van der Waals surface area (Å²) < 4.78 is 25.8.